The highest BCUT2D eigenvalue weighted by atomic mass is 19.1. The molecule has 1 saturated heterocycles. The van der Waals surface area contributed by atoms with Crippen molar-refractivity contribution in [3.8, 4) is 0 Å². The number of ether oxygens (including phenoxy) is 1. The van der Waals surface area contributed by atoms with Crippen LogP contribution in [0.3, 0.4) is 0 Å². The van der Waals surface area contributed by atoms with Gasteiger partial charge in [0, 0.05) is 25.2 Å². The van der Waals surface area contributed by atoms with Gasteiger partial charge in [-0.15, -0.1) is 0 Å². The van der Waals surface area contributed by atoms with Gasteiger partial charge in [-0.05, 0) is 32.3 Å². The summed E-state index contributed by atoms with van der Waals surface area (Å²) in [7, 11) is -1.64. The predicted octanol–water partition coefficient (Wildman–Crippen LogP) is 0.505. The van der Waals surface area contributed by atoms with E-state index >= 15 is 0 Å². The fraction of sp³-hybridized carbons (Fsp3) is 0.571. The Hall–Kier alpha value is -0.945. The van der Waals surface area contributed by atoms with Gasteiger partial charge in [-0.25, -0.2) is 4.39 Å². The van der Waals surface area contributed by atoms with Crippen LogP contribution in [0, 0.1) is 5.82 Å². The number of halogens is 1. The Bertz CT molecular complexity index is 481. The number of benzene rings is 1. The second kappa shape index (κ2) is 5.81. The quantitative estimate of drug-likeness (QED) is 0.792. The molecule has 0 spiro atoms. The topological polar surface area (TPSA) is 52.9 Å². The molecule has 2 N–H and O–H groups in total. The molecule has 1 heterocycles. The molecule has 0 aliphatic carbocycles. The minimum absolute atomic E-state index is 0.111. The van der Waals surface area contributed by atoms with Gasteiger partial charge in [0.1, 0.15) is 5.82 Å². The summed E-state index contributed by atoms with van der Waals surface area (Å²) in [6.07, 6.45) is 0.111. The average Bonchev–Trinajstić information content (AvgIpc) is 2.28. The molecule has 110 valence electrons. The maximum atomic E-state index is 14.0. The van der Waals surface area contributed by atoms with E-state index in [4.69, 9.17) is 14.8 Å². The molecule has 0 radical (unpaired) electrons. The molecule has 0 aromatic heterocycles. The molecule has 1 fully saturated rings. The fourth-order valence-electron chi connectivity index (χ4n) is 2.80. The van der Waals surface area contributed by atoms with E-state index in [-0.39, 0.29) is 17.2 Å². The highest BCUT2D eigenvalue weighted by Gasteiger charge is 2.31. The first kappa shape index (κ1) is 15.4. The van der Waals surface area contributed by atoms with Gasteiger partial charge in [0.05, 0.1) is 11.7 Å². The van der Waals surface area contributed by atoms with Gasteiger partial charge in [0.25, 0.3) is 0 Å². The molecule has 1 aliphatic heterocycles. The fourth-order valence-corrected chi connectivity index (χ4v) is 2.80. The second-order valence-electron chi connectivity index (χ2n) is 6.08. The number of rotatable bonds is 3. The van der Waals surface area contributed by atoms with Crippen LogP contribution in [0.2, 0.25) is 0 Å². The van der Waals surface area contributed by atoms with Gasteiger partial charge in [-0.3, -0.25) is 4.90 Å². The van der Waals surface area contributed by atoms with Crippen LogP contribution < -0.4 is 5.46 Å². The van der Waals surface area contributed by atoms with E-state index in [2.05, 4.69) is 4.90 Å². The Labute approximate surface area is 119 Å². The smallest absolute Gasteiger partial charge is 0.423 e. The zero-order chi connectivity index (χ0) is 14.9. The summed E-state index contributed by atoms with van der Waals surface area (Å²) in [6.45, 7) is 8.04. The van der Waals surface area contributed by atoms with Gasteiger partial charge >= 0.3 is 7.12 Å². The third kappa shape index (κ3) is 3.79. The summed E-state index contributed by atoms with van der Waals surface area (Å²) in [4.78, 5) is 2.15. The van der Waals surface area contributed by atoms with Crippen molar-refractivity contribution in [3.63, 3.8) is 0 Å². The summed E-state index contributed by atoms with van der Waals surface area (Å²) in [5, 5.41) is 18.1. The van der Waals surface area contributed by atoms with Crippen LogP contribution in [0.4, 0.5) is 4.39 Å². The van der Waals surface area contributed by atoms with E-state index in [9.17, 15) is 4.39 Å². The molecule has 2 rings (SSSR count). The number of hydrogen-bond acceptors (Lipinski definition) is 4. The third-order valence-corrected chi connectivity index (χ3v) is 3.41. The van der Waals surface area contributed by atoms with Crippen molar-refractivity contribution >= 4 is 12.6 Å². The normalized spacial score (nSPS) is 22.8. The lowest BCUT2D eigenvalue weighted by Gasteiger charge is -2.41. The highest BCUT2D eigenvalue weighted by Crippen LogP contribution is 2.22. The lowest BCUT2D eigenvalue weighted by atomic mass is 9.80. The summed E-state index contributed by atoms with van der Waals surface area (Å²) >= 11 is 0. The molecule has 20 heavy (non-hydrogen) atoms. The van der Waals surface area contributed by atoms with Crippen molar-refractivity contribution in [2.75, 3.05) is 13.1 Å². The summed E-state index contributed by atoms with van der Waals surface area (Å²) < 4.78 is 19.8. The van der Waals surface area contributed by atoms with Crippen molar-refractivity contribution < 1.29 is 19.2 Å². The molecule has 0 saturated carbocycles. The third-order valence-electron chi connectivity index (χ3n) is 3.41. The summed E-state index contributed by atoms with van der Waals surface area (Å²) in [6, 6.07) is 4.32. The van der Waals surface area contributed by atoms with E-state index in [1.807, 2.05) is 20.8 Å². The van der Waals surface area contributed by atoms with Crippen LogP contribution in [0.1, 0.15) is 26.3 Å². The van der Waals surface area contributed by atoms with Crippen LogP contribution in [0.5, 0.6) is 0 Å². The van der Waals surface area contributed by atoms with Crippen molar-refractivity contribution in [2.24, 2.45) is 0 Å². The van der Waals surface area contributed by atoms with Crippen LogP contribution >= 0.6 is 0 Å². The Kier molecular flexibility index (Phi) is 4.49. The SMILES string of the molecule is CC1CN(Cc2ccc(B(O)O)cc2F)CC(C)(C)O1. The standard InChI is InChI=1S/C14H21BFNO3/c1-10-7-17(9-14(2,3)20-10)8-11-4-5-12(15(18)19)6-13(11)16/h4-6,10,18-19H,7-9H2,1-3H3. The molecule has 6 heteroatoms. The molecule has 1 aromatic rings. The molecule has 1 unspecified atom stereocenters. The van der Waals surface area contributed by atoms with E-state index in [0.29, 0.717) is 12.1 Å². The van der Waals surface area contributed by atoms with E-state index in [1.54, 1.807) is 6.07 Å². The Morgan fingerprint density at radius 1 is 1.45 bits per heavy atom. The van der Waals surface area contributed by atoms with E-state index < -0.39 is 12.9 Å². The molecular weight excluding hydrogens is 260 g/mol. The molecule has 0 amide bonds. The lowest BCUT2D eigenvalue weighted by Crippen LogP contribution is -2.51. The van der Waals surface area contributed by atoms with Gasteiger partial charge in [-0.1, -0.05) is 12.1 Å². The van der Waals surface area contributed by atoms with Crippen LogP contribution in [0.15, 0.2) is 18.2 Å². The first-order valence-corrected chi connectivity index (χ1v) is 6.81. The van der Waals surface area contributed by atoms with Gasteiger partial charge in [0.15, 0.2) is 0 Å². The van der Waals surface area contributed by atoms with Gasteiger partial charge < -0.3 is 14.8 Å². The van der Waals surface area contributed by atoms with Gasteiger partial charge in [-0.2, -0.15) is 0 Å². The second-order valence-corrected chi connectivity index (χ2v) is 6.08. The van der Waals surface area contributed by atoms with Crippen molar-refractivity contribution in [1.82, 2.24) is 4.90 Å². The Morgan fingerprint density at radius 3 is 2.70 bits per heavy atom. The molecule has 1 aromatic carbocycles. The van der Waals surface area contributed by atoms with E-state index in [1.165, 1.54) is 12.1 Å². The highest BCUT2D eigenvalue weighted by molar-refractivity contribution is 6.58. The maximum Gasteiger partial charge on any atom is 0.488 e. The number of morpholine rings is 1. The number of nitrogens with zero attached hydrogens (tertiary/aromatic N) is 1. The molecule has 1 aliphatic rings. The van der Waals surface area contributed by atoms with Crippen molar-refractivity contribution in [3.05, 3.63) is 29.6 Å². The molecule has 0 bridgehead atoms. The molecule has 4 nitrogen and oxygen atoms in total. The Morgan fingerprint density at radius 2 is 2.15 bits per heavy atom. The minimum Gasteiger partial charge on any atom is -0.423 e. The largest absolute Gasteiger partial charge is 0.488 e. The van der Waals surface area contributed by atoms with Crippen molar-refractivity contribution in [1.29, 1.82) is 0 Å². The van der Waals surface area contributed by atoms with Crippen LogP contribution in [-0.2, 0) is 11.3 Å². The van der Waals surface area contributed by atoms with Crippen LogP contribution in [0.25, 0.3) is 0 Å². The van der Waals surface area contributed by atoms with Crippen molar-refractivity contribution in [2.45, 2.75) is 39.0 Å². The molecular formula is C14H21BFNO3. The zero-order valence-corrected chi connectivity index (χ0v) is 12.1. The minimum atomic E-state index is -1.64. The maximum absolute atomic E-state index is 14.0. The van der Waals surface area contributed by atoms with Gasteiger partial charge in [0.2, 0.25) is 0 Å². The monoisotopic (exact) mass is 281 g/mol. The van der Waals surface area contributed by atoms with Crippen LogP contribution in [-0.4, -0.2) is 46.9 Å². The predicted molar refractivity (Wildman–Crippen MR) is 76.1 cm³/mol. The average molecular weight is 281 g/mol. The number of hydrogen-bond donors (Lipinski definition) is 2. The summed E-state index contributed by atoms with van der Waals surface area (Å²) in [5.74, 6) is -0.410. The van der Waals surface area contributed by atoms with E-state index in [0.717, 1.165) is 13.1 Å². The molecule has 1 atom stereocenters. The Balaban J connectivity index is 2.10. The zero-order valence-electron chi connectivity index (χ0n) is 12.1. The lowest BCUT2D eigenvalue weighted by molar-refractivity contribution is -0.130. The first-order valence-electron chi connectivity index (χ1n) is 6.81. The summed E-state index contributed by atoms with van der Waals surface area (Å²) in [5.41, 5.74) is 0.483. The first-order chi connectivity index (χ1) is 9.27.